The number of ether oxygens (including phenoxy) is 1. The fourth-order valence-corrected chi connectivity index (χ4v) is 2.54. The van der Waals surface area contributed by atoms with Crippen LogP contribution in [0.4, 0.5) is 0 Å². The highest BCUT2D eigenvalue weighted by atomic mass is 127. The molecule has 2 atom stereocenters. The van der Waals surface area contributed by atoms with E-state index in [9.17, 15) is 0 Å². The second-order valence-electron chi connectivity index (χ2n) is 4.45. The van der Waals surface area contributed by atoms with Crippen LogP contribution in [0.1, 0.15) is 45.4 Å². The molecule has 0 aromatic rings. The van der Waals surface area contributed by atoms with Gasteiger partial charge in [0, 0.05) is 6.54 Å². The molecule has 1 fully saturated rings. The fraction of sp³-hybridized carbons (Fsp3) is 1.00. The van der Waals surface area contributed by atoms with Gasteiger partial charge in [-0.25, -0.2) is 0 Å². The topological polar surface area (TPSA) is 21.3 Å². The minimum absolute atomic E-state index is 0.481. The molecule has 0 aromatic carbocycles. The first-order valence-electron chi connectivity index (χ1n) is 6.25. The van der Waals surface area contributed by atoms with Gasteiger partial charge < -0.3 is 10.1 Å². The molecule has 1 N–H and O–H groups in total. The van der Waals surface area contributed by atoms with Crippen LogP contribution in [0.2, 0.25) is 0 Å². The average molecular weight is 325 g/mol. The van der Waals surface area contributed by atoms with Crippen molar-refractivity contribution in [3.63, 3.8) is 0 Å². The molecule has 0 bridgehead atoms. The smallest absolute Gasteiger partial charge is 0.0704 e. The molecule has 15 heavy (non-hydrogen) atoms. The van der Waals surface area contributed by atoms with Crippen LogP contribution in [0.5, 0.6) is 0 Å². The summed E-state index contributed by atoms with van der Waals surface area (Å²) in [5.41, 5.74) is 0. The molecule has 3 heteroatoms. The van der Waals surface area contributed by atoms with E-state index < -0.39 is 0 Å². The van der Waals surface area contributed by atoms with Crippen LogP contribution in [0.3, 0.4) is 0 Å². The van der Waals surface area contributed by atoms with Crippen LogP contribution >= 0.6 is 22.6 Å². The van der Waals surface area contributed by atoms with Gasteiger partial charge in [0.2, 0.25) is 0 Å². The molecule has 0 aromatic heterocycles. The number of hydrogen-bond acceptors (Lipinski definition) is 2. The lowest BCUT2D eigenvalue weighted by molar-refractivity contribution is 0.0561. The van der Waals surface area contributed by atoms with Crippen molar-refractivity contribution in [2.75, 3.05) is 17.5 Å². The molecular formula is C12H24INO. The summed E-state index contributed by atoms with van der Waals surface area (Å²) in [6.07, 6.45) is 8.91. The lowest BCUT2D eigenvalue weighted by Gasteiger charge is -2.11. The van der Waals surface area contributed by atoms with Crippen molar-refractivity contribution in [3.8, 4) is 0 Å². The van der Waals surface area contributed by atoms with Crippen molar-refractivity contribution < 1.29 is 4.74 Å². The Bertz CT molecular complexity index is 155. The van der Waals surface area contributed by atoms with E-state index in [1.807, 2.05) is 0 Å². The van der Waals surface area contributed by atoms with Crippen LogP contribution in [0.25, 0.3) is 0 Å². The van der Waals surface area contributed by atoms with Gasteiger partial charge in [-0.15, -0.1) is 0 Å². The zero-order chi connectivity index (χ0) is 10.9. The van der Waals surface area contributed by atoms with Gasteiger partial charge in [-0.3, -0.25) is 0 Å². The Morgan fingerprint density at radius 2 is 2.00 bits per heavy atom. The molecule has 2 nitrogen and oxygen atoms in total. The Morgan fingerprint density at radius 1 is 1.20 bits per heavy atom. The second-order valence-corrected chi connectivity index (χ2v) is 5.53. The molecule has 0 amide bonds. The zero-order valence-electron chi connectivity index (χ0n) is 9.80. The van der Waals surface area contributed by atoms with Crippen LogP contribution in [0, 0.1) is 0 Å². The summed E-state index contributed by atoms with van der Waals surface area (Å²) in [6.45, 7) is 4.39. The summed E-state index contributed by atoms with van der Waals surface area (Å²) in [5.74, 6) is 0. The Morgan fingerprint density at radius 3 is 2.67 bits per heavy atom. The van der Waals surface area contributed by atoms with Gasteiger partial charge in [-0.1, -0.05) is 35.4 Å². The van der Waals surface area contributed by atoms with Gasteiger partial charge in [0.05, 0.1) is 12.2 Å². The predicted octanol–water partition coefficient (Wildman–Crippen LogP) is 3.14. The average Bonchev–Trinajstić information content (AvgIpc) is 2.63. The molecule has 0 radical (unpaired) electrons. The lowest BCUT2D eigenvalue weighted by Crippen LogP contribution is -2.27. The van der Waals surface area contributed by atoms with Crippen LogP contribution in [-0.4, -0.2) is 29.7 Å². The predicted molar refractivity (Wildman–Crippen MR) is 73.8 cm³/mol. The fourth-order valence-electron chi connectivity index (χ4n) is 2.00. The highest BCUT2D eigenvalue weighted by Crippen LogP contribution is 2.18. The number of hydrogen-bond donors (Lipinski definition) is 1. The molecule has 0 spiro atoms. The minimum atomic E-state index is 0.481. The van der Waals surface area contributed by atoms with E-state index in [-0.39, 0.29) is 0 Å². The largest absolute Gasteiger partial charge is 0.374 e. The van der Waals surface area contributed by atoms with Crippen molar-refractivity contribution in [1.29, 1.82) is 0 Å². The molecular weight excluding hydrogens is 301 g/mol. The highest BCUT2D eigenvalue weighted by molar-refractivity contribution is 14.1. The normalized spacial score (nSPS) is 26.0. The molecule has 1 aliphatic rings. The summed E-state index contributed by atoms with van der Waals surface area (Å²) in [7, 11) is 0. The summed E-state index contributed by atoms with van der Waals surface area (Å²) >= 11 is 2.45. The second kappa shape index (κ2) is 8.76. The van der Waals surface area contributed by atoms with Gasteiger partial charge in [0.1, 0.15) is 0 Å². The highest BCUT2D eigenvalue weighted by Gasteiger charge is 2.20. The third-order valence-corrected chi connectivity index (χ3v) is 3.69. The zero-order valence-corrected chi connectivity index (χ0v) is 12.0. The van der Waals surface area contributed by atoms with E-state index in [4.69, 9.17) is 4.74 Å². The van der Waals surface area contributed by atoms with E-state index in [1.54, 1.807) is 0 Å². The molecule has 1 rings (SSSR count). The summed E-state index contributed by atoms with van der Waals surface area (Å²) < 4.78 is 7.05. The van der Waals surface area contributed by atoms with E-state index in [1.165, 1.54) is 43.0 Å². The minimum Gasteiger partial charge on any atom is -0.374 e. The standard InChI is InChI=1S/C12H24INO/c1-11-6-7-12(15-11)10-14-9-5-3-2-4-8-13/h11-12,14H,2-10H2,1H3. The van der Waals surface area contributed by atoms with Crippen molar-refractivity contribution in [2.45, 2.75) is 57.7 Å². The maximum Gasteiger partial charge on any atom is 0.0704 e. The first-order valence-corrected chi connectivity index (χ1v) is 7.77. The first kappa shape index (κ1) is 13.7. The van der Waals surface area contributed by atoms with Crippen molar-refractivity contribution in [1.82, 2.24) is 5.32 Å². The molecule has 0 aliphatic carbocycles. The third-order valence-electron chi connectivity index (χ3n) is 2.93. The molecule has 0 saturated carbocycles. The summed E-state index contributed by atoms with van der Waals surface area (Å²) in [4.78, 5) is 0. The number of unbranched alkanes of at least 4 members (excludes halogenated alkanes) is 3. The van der Waals surface area contributed by atoms with Gasteiger partial charge in [0.15, 0.2) is 0 Å². The van der Waals surface area contributed by atoms with Crippen molar-refractivity contribution >= 4 is 22.6 Å². The van der Waals surface area contributed by atoms with Crippen LogP contribution in [0.15, 0.2) is 0 Å². The lowest BCUT2D eigenvalue weighted by atomic mass is 10.2. The first-order chi connectivity index (χ1) is 7.33. The van der Waals surface area contributed by atoms with E-state index >= 15 is 0 Å². The van der Waals surface area contributed by atoms with E-state index in [0.29, 0.717) is 12.2 Å². The molecule has 1 heterocycles. The SMILES string of the molecule is CC1CCC(CNCCCCCCI)O1. The maximum atomic E-state index is 5.74. The number of nitrogens with one attached hydrogen (secondary N) is 1. The van der Waals surface area contributed by atoms with Gasteiger partial charge in [-0.2, -0.15) is 0 Å². The summed E-state index contributed by atoms with van der Waals surface area (Å²) in [5, 5.41) is 3.50. The molecule has 2 unspecified atom stereocenters. The Balaban J connectivity index is 1.81. The van der Waals surface area contributed by atoms with E-state index in [0.717, 1.165) is 13.1 Å². The number of halogens is 1. The Hall–Kier alpha value is 0.650. The molecule has 1 saturated heterocycles. The third kappa shape index (κ3) is 6.74. The number of alkyl halides is 1. The Kier molecular flexibility index (Phi) is 8.01. The van der Waals surface area contributed by atoms with Gasteiger partial charge in [-0.05, 0) is 43.6 Å². The van der Waals surface area contributed by atoms with E-state index in [2.05, 4.69) is 34.8 Å². The molecule has 90 valence electrons. The van der Waals surface area contributed by atoms with Crippen molar-refractivity contribution in [3.05, 3.63) is 0 Å². The van der Waals surface area contributed by atoms with Gasteiger partial charge in [0.25, 0.3) is 0 Å². The summed E-state index contributed by atoms with van der Waals surface area (Å²) in [6, 6.07) is 0. The van der Waals surface area contributed by atoms with Gasteiger partial charge >= 0.3 is 0 Å². The van der Waals surface area contributed by atoms with Crippen LogP contribution < -0.4 is 5.32 Å². The monoisotopic (exact) mass is 325 g/mol. The number of rotatable bonds is 8. The quantitative estimate of drug-likeness (QED) is 0.421. The Labute approximate surface area is 108 Å². The van der Waals surface area contributed by atoms with Crippen molar-refractivity contribution in [2.24, 2.45) is 0 Å². The van der Waals surface area contributed by atoms with Crippen LogP contribution in [-0.2, 0) is 4.74 Å². The molecule has 1 aliphatic heterocycles. The maximum absolute atomic E-state index is 5.74.